The Balaban J connectivity index is 1.39. The number of aromatic nitrogens is 2. The van der Waals surface area contributed by atoms with Gasteiger partial charge in [0, 0.05) is 40.8 Å². The Kier molecular flexibility index (Phi) is 6.71. The molecule has 5 rings (SSSR count). The zero-order valence-electron chi connectivity index (χ0n) is 19.1. The standard InChI is InChI=1S/C25H29Cl2N5O2/c1-16(21-7-5-18(26)11-22(21)27)32-24-12-19(6-4-17(24)13-29-32)30-9-10-31(20(14-30)15-33)25(34)23-3-2-8-28-23/h4-7,11-13,16,20,23,28,33H,2-3,8-10,14-15H2,1H3/t16-,20?,23?/m1/s1. The third-order valence-corrected chi connectivity index (χ3v) is 7.62. The number of anilines is 1. The predicted molar refractivity (Wildman–Crippen MR) is 136 cm³/mol. The van der Waals surface area contributed by atoms with Gasteiger partial charge in [-0.25, -0.2) is 0 Å². The number of fused-ring (bicyclic) bond motifs is 1. The molecule has 180 valence electrons. The summed E-state index contributed by atoms with van der Waals surface area (Å²) < 4.78 is 1.98. The van der Waals surface area contributed by atoms with E-state index in [0.29, 0.717) is 29.7 Å². The first-order valence-electron chi connectivity index (χ1n) is 11.8. The highest BCUT2D eigenvalue weighted by Crippen LogP contribution is 2.32. The minimum atomic E-state index is -0.226. The second-order valence-corrected chi connectivity index (χ2v) is 9.98. The molecule has 0 bridgehead atoms. The van der Waals surface area contributed by atoms with Gasteiger partial charge in [0.25, 0.3) is 0 Å². The van der Waals surface area contributed by atoms with Crippen molar-refractivity contribution in [1.29, 1.82) is 0 Å². The summed E-state index contributed by atoms with van der Waals surface area (Å²) in [7, 11) is 0. The van der Waals surface area contributed by atoms with Crippen LogP contribution in [0.4, 0.5) is 5.69 Å². The van der Waals surface area contributed by atoms with Gasteiger partial charge in [0.15, 0.2) is 0 Å². The van der Waals surface area contributed by atoms with E-state index in [1.165, 1.54) is 0 Å². The van der Waals surface area contributed by atoms with Crippen molar-refractivity contribution in [1.82, 2.24) is 20.0 Å². The van der Waals surface area contributed by atoms with Gasteiger partial charge in [-0.3, -0.25) is 9.48 Å². The van der Waals surface area contributed by atoms with E-state index in [0.717, 1.165) is 41.5 Å². The smallest absolute Gasteiger partial charge is 0.240 e. The number of nitrogens with one attached hydrogen (secondary N) is 1. The Bertz CT molecular complexity index is 1190. The average molecular weight is 502 g/mol. The highest BCUT2D eigenvalue weighted by atomic mass is 35.5. The highest BCUT2D eigenvalue weighted by Gasteiger charge is 2.35. The average Bonchev–Trinajstić information content (AvgIpc) is 3.53. The first-order chi connectivity index (χ1) is 16.5. The summed E-state index contributed by atoms with van der Waals surface area (Å²) in [6, 6.07) is 11.4. The van der Waals surface area contributed by atoms with Gasteiger partial charge in [0.2, 0.25) is 5.91 Å². The summed E-state index contributed by atoms with van der Waals surface area (Å²) in [5, 5.41) is 20.3. The second kappa shape index (κ2) is 9.74. The van der Waals surface area contributed by atoms with Crippen LogP contribution in [0.2, 0.25) is 10.0 Å². The van der Waals surface area contributed by atoms with Crippen molar-refractivity contribution in [3.63, 3.8) is 0 Å². The summed E-state index contributed by atoms with van der Waals surface area (Å²) in [4.78, 5) is 17.1. The highest BCUT2D eigenvalue weighted by molar-refractivity contribution is 6.35. The molecule has 2 saturated heterocycles. The molecule has 1 amide bonds. The Labute approximate surface area is 209 Å². The van der Waals surface area contributed by atoms with Gasteiger partial charge < -0.3 is 20.2 Å². The zero-order valence-corrected chi connectivity index (χ0v) is 20.6. The molecule has 3 atom stereocenters. The number of rotatable bonds is 5. The number of amides is 1. The summed E-state index contributed by atoms with van der Waals surface area (Å²) in [6.45, 7) is 4.79. The molecule has 0 saturated carbocycles. The first-order valence-corrected chi connectivity index (χ1v) is 12.5. The number of carbonyl (C=O) groups excluding carboxylic acids is 1. The van der Waals surface area contributed by atoms with Crippen molar-refractivity contribution >= 4 is 45.7 Å². The molecule has 2 fully saturated rings. The van der Waals surface area contributed by atoms with Crippen LogP contribution < -0.4 is 10.2 Å². The summed E-state index contributed by atoms with van der Waals surface area (Å²) >= 11 is 12.6. The van der Waals surface area contributed by atoms with Gasteiger partial charge in [0.1, 0.15) is 0 Å². The third kappa shape index (κ3) is 4.38. The lowest BCUT2D eigenvalue weighted by Crippen LogP contribution is -2.59. The number of hydrogen-bond acceptors (Lipinski definition) is 5. The molecule has 9 heteroatoms. The van der Waals surface area contributed by atoms with Crippen LogP contribution in [-0.2, 0) is 4.79 Å². The number of aliphatic hydroxyl groups is 1. The molecule has 2 N–H and O–H groups in total. The lowest BCUT2D eigenvalue weighted by Gasteiger charge is -2.42. The maximum atomic E-state index is 13.0. The van der Waals surface area contributed by atoms with Gasteiger partial charge >= 0.3 is 0 Å². The number of nitrogens with zero attached hydrogens (tertiary/aromatic N) is 4. The molecular weight excluding hydrogens is 473 g/mol. The fourth-order valence-corrected chi connectivity index (χ4v) is 5.70. The van der Waals surface area contributed by atoms with Crippen molar-refractivity contribution in [2.24, 2.45) is 0 Å². The van der Waals surface area contributed by atoms with Crippen LogP contribution in [0.15, 0.2) is 42.6 Å². The Morgan fingerprint density at radius 3 is 2.82 bits per heavy atom. The van der Waals surface area contributed by atoms with Crippen molar-refractivity contribution in [3.05, 3.63) is 58.2 Å². The fraction of sp³-hybridized carbons (Fsp3) is 0.440. The molecule has 3 heterocycles. The van der Waals surface area contributed by atoms with E-state index >= 15 is 0 Å². The normalized spacial score (nSPS) is 21.9. The van der Waals surface area contributed by atoms with E-state index in [1.54, 1.807) is 6.07 Å². The van der Waals surface area contributed by atoms with E-state index in [2.05, 4.69) is 40.4 Å². The van der Waals surface area contributed by atoms with Gasteiger partial charge in [-0.1, -0.05) is 29.3 Å². The zero-order chi connectivity index (χ0) is 23.8. The van der Waals surface area contributed by atoms with Gasteiger partial charge in [0.05, 0.1) is 36.4 Å². The first kappa shape index (κ1) is 23.4. The van der Waals surface area contributed by atoms with E-state index in [-0.39, 0.29) is 30.6 Å². The maximum absolute atomic E-state index is 13.0. The van der Waals surface area contributed by atoms with Crippen LogP contribution >= 0.6 is 23.2 Å². The van der Waals surface area contributed by atoms with E-state index < -0.39 is 0 Å². The number of carbonyl (C=O) groups is 1. The quantitative estimate of drug-likeness (QED) is 0.557. The minimum Gasteiger partial charge on any atom is -0.394 e. The SMILES string of the molecule is C[C@H](c1ccc(Cl)cc1Cl)n1ncc2ccc(N3CCN(C(=O)C4CCCN4)C(CO)C3)cc21. The largest absolute Gasteiger partial charge is 0.394 e. The molecule has 0 spiro atoms. The molecule has 2 aliphatic rings. The Morgan fingerprint density at radius 2 is 2.09 bits per heavy atom. The van der Waals surface area contributed by atoms with Crippen molar-refractivity contribution in [2.75, 3.05) is 37.7 Å². The lowest BCUT2D eigenvalue weighted by atomic mass is 10.1. The molecule has 7 nitrogen and oxygen atoms in total. The van der Waals surface area contributed by atoms with Crippen molar-refractivity contribution in [3.8, 4) is 0 Å². The number of hydrogen-bond donors (Lipinski definition) is 2. The monoisotopic (exact) mass is 501 g/mol. The predicted octanol–water partition coefficient (Wildman–Crippen LogP) is 3.71. The van der Waals surface area contributed by atoms with E-state index in [4.69, 9.17) is 23.2 Å². The van der Waals surface area contributed by atoms with Crippen LogP contribution in [0, 0.1) is 0 Å². The van der Waals surface area contributed by atoms with Gasteiger partial charge in [-0.2, -0.15) is 5.10 Å². The molecule has 0 aliphatic carbocycles. The fourth-order valence-electron chi connectivity index (χ4n) is 5.14. The third-order valence-electron chi connectivity index (χ3n) is 7.06. The van der Waals surface area contributed by atoms with Gasteiger partial charge in [-0.15, -0.1) is 0 Å². The number of halogens is 2. The molecule has 1 aromatic heterocycles. The summed E-state index contributed by atoms with van der Waals surface area (Å²) in [6.07, 6.45) is 3.75. The number of aliphatic hydroxyl groups excluding tert-OH is 1. The number of piperazine rings is 1. The molecular formula is C25H29Cl2N5O2. The van der Waals surface area contributed by atoms with Crippen LogP contribution in [0.1, 0.15) is 31.4 Å². The van der Waals surface area contributed by atoms with E-state index in [9.17, 15) is 9.90 Å². The van der Waals surface area contributed by atoms with Crippen molar-refractivity contribution < 1.29 is 9.90 Å². The topological polar surface area (TPSA) is 73.6 Å². The van der Waals surface area contributed by atoms with Crippen LogP contribution in [0.3, 0.4) is 0 Å². The van der Waals surface area contributed by atoms with Crippen molar-refractivity contribution in [2.45, 2.75) is 37.9 Å². The molecule has 0 radical (unpaired) electrons. The summed E-state index contributed by atoms with van der Waals surface area (Å²) in [5.74, 6) is 0.110. The minimum absolute atomic E-state index is 0.0543. The molecule has 34 heavy (non-hydrogen) atoms. The van der Waals surface area contributed by atoms with Gasteiger partial charge in [-0.05, 0) is 62.2 Å². The maximum Gasteiger partial charge on any atom is 0.240 e. The second-order valence-electron chi connectivity index (χ2n) is 9.14. The molecule has 2 unspecified atom stereocenters. The summed E-state index contributed by atoms with van der Waals surface area (Å²) in [5.41, 5.74) is 3.01. The van der Waals surface area contributed by atoms with Crippen LogP contribution in [0.25, 0.3) is 10.9 Å². The lowest BCUT2D eigenvalue weighted by molar-refractivity contribution is -0.136. The molecule has 2 aliphatic heterocycles. The molecule has 3 aromatic rings. The Hall–Kier alpha value is -2.32. The Morgan fingerprint density at radius 1 is 1.24 bits per heavy atom. The molecule has 2 aromatic carbocycles. The number of benzene rings is 2. The van der Waals surface area contributed by atoms with E-state index in [1.807, 2.05) is 27.9 Å². The van der Waals surface area contributed by atoms with Crippen LogP contribution in [-0.4, -0.2) is 70.6 Å². The van der Waals surface area contributed by atoms with Crippen LogP contribution in [0.5, 0.6) is 0 Å².